The Kier molecular flexibility index (Phi) is 5.42. The van der Waals surface area contributed by atoms with Crippen LogP contribution in [0.25, 0.3) is 0 Å². The summed E-state index contributed by atoms with van der Waals surface area (Å²) >= 11 is 0. The van der Waals surface area contributed by atoms with Gasteiger partial charge in [-0.25, -0.2) is 9.79 Å². The summed E-state index contributed by atoms with van der Waals surface area (Å²) in [7, 11) is 0. The van der Waals surface area contributed by atoms with Crippen LogP contribution in [-0.2, 0) is 11.2 Å². The lowest BCUT2D eigenvalue weighted by atomic mass is 10.0. The fourth-order valence-corrected chi connectivity index (χ4v) is 1.61. The highest BCUT2D eigenvalue weighted by Gasteiger charge is 2.06. The standard InChI is InChI=1S/C13H17NO/c1-2-3-9-13(14-11-15)10-12-7-5-4-6-8-12/h4-8,13H,2-3,9-10H2,1H3. The van der Waals surface area contributed by atoms with E-state index >= 15 is 0 Å². The van der Waals surface area contributed by atoms with Gasteiger partial charge in [0.15, 0.2) is 0 Å². The van der Waals surface area contributed by atoms with Gasteiger partial charge in [-0.15, -0.1) is 0 Å². The maximum atomic E-state index is 10.3. The summed E-state index contributed by atoms with van der Waals surface area (Å²) in [6.45, 7) is 2.14. The van der Waals surface area contributed by atoms with E-state index in [-0.39, 0.29) is 6.04 Å². The molecule has 0 fully saturated rings. The van der Waals surface area contributed by atoms with Crippen LogP contribution < -0.4 is 0 Å². The molecule has 1 rings (SSSR count). The molecule has 0 heterocycles. The van der Waals surface area contributed by atoms with Gasteiger partial charge in [0.1, 0.15) is 0 Å². The molecule has 0 N–H and O–H groups in total. The fraction of sp³-hybridized carbons (Fsp3) is 0.462. The highest BCUT2D eigenvalue weighted by atomic mass is 16.1. The zero-order chi connectivity index (χ0) is 10.9. The highest BCUT2D eigenvalue weighted by Crippen LogP contribution is 2.11. The first-order chi connectivity index (χ1) is 7.36. The van der Waals surface area contributed by atoms with E-state index in [1.165, 1.54) is 5.56 Å². The number of hydrogen-bond donors (Lipinski definition) is 0. The SMILES string of the molecule is CCCCC(Cc1ccccc1)N=C=O. The van der Waals surface area contributed by atoms with E-state index in [1.807, 2.05) is 18.2 Å². The van der Waals surface area contributed by atoms with Gasteiger partial charge in [-0.1, -0.05) is 50.1 Å². The molecule has 0 radical (unpaired) electrons. The van der Waals surface area contributed by atoms with Crippen molar-refractivity contribution in [3.05, 3.63) is 35.9 Å². The van der Waals surface area contributed by atoms with Crippen molar-refractivity contribution in [1.29, 1.82) is 0 Å². The van der Waals surface area contributed by atoms with E-state index in [1.54, 1.807) is 6.08 Å². The Balaban J connectivity index is 2.54. The Morgan fingerprint density at radius 1 is 1.33 bits per heavy atom. The van der Waals surface area contributed by atoms with Gasteiger partial charge in [-0.2, -0.15) is 0 Å². The molecule has 0 spiro atoms. The lowest BCUT2D eigenvalue weighted by molar-refractivity contribution is 0.539. The van der Waals surface area contributed by atoms with Crippen LogP contribution in [0, 0.1) is 0 Å². The van der Waals surface area contributed by atoms with E-state index in [4.69, 9.17) is 0 Å². The lowest BCUT2D eigenvalue weighted by Gasteiger charge is -2.09. The number of benzene rings is 1. The molecule has 0 aliphatic rings. The minimum Gasteiger partial charge on any atom is -0.211 e. The van der Waals surface area contributed by atoms with Crippen molar-refractivity contribution >= 4 is 6.08 Å². The molecule has 0 bridgehead atoms. The van der Waals surface area contributed by atoms with Crippen molar-refractivity contribution in [1.82, 2.24) is 0 Å². The van der Waals surface area contributed by atoms with Crippen molar-refractivity contribution in [3.63, 3.8) is 0 Å². The van der Waals surface area contributed by atoms with Gasteiger partial charge >= 0.3 is 0 Å². The molecule has 0 aliphatic heterocycles. The molecule has 0 aromatic heterocycles. The van der Waals surface area contributed by atoms with E-state index in [9.17, 15) is 4.79 Å². The third-order valence-corrected chi connectivity index (χ3v) is 2.44. The summed E-state index contributed by atoms with van der Waals surface area (Å²) in [4.78, 5) is 14.1. The molecule has 0 saturated heterocycles. The molecule has 1 aromatic rings. The smallest absolute Gasteiger partial charge is 0.211 e. The van der Waals surface area contributed by atoms with Crippen molar-refractivity contribution in [3.8, 4) is 0 Å². The molecule has 2 heteroatoms. The Morgan fingerprint density at radius 2 is 2.07 bits per heavy atom. The molecule has 1 atom stereocenters. The van der Waals surface area contributed by atoms with Crippen LogP contribution in [-0.4, -0.2) is 12.1 Å². The summed E-state index contributed by atoms with van der Waals surface area (Å²) in [5.74, 6) is 0. The van der Waals surface area contributed by atoms with Gasteiger partial charge in [0.05, 0.1) is 6.04 Å². The molecule has 2 nitrogen and oxygen atoms in total. The Hall–Kier alpha value is -1.40. The number of isocyanates is 1. The van der Waals surface area contributed by atoms with Crippen LogP contribution in [0.3, 0.4) is 0 Å². The summed E-state index contributed by atoms with van der Waals surface area (Å²) in [5, 5.41) is 0. The first-order valence-electron chi connectivity index (χ1n) is 5.47. The van der Waals surface area contributed by atoms with Gasteiger partial charge in [-0.05, 0) is 18.4 Å². The normalized spacial score (nSPS) is 11.8. The molecule has 0 amide bonds. The molecule has 0 saturated carbocycles. The van der Waals surface area contributed by atoms with Gasteiger partial charge in [-0.3, -0.25) is 0 Å². The predicted molar refractivity (Wildman–Crippen MR) is 61.6 cm³/mol. The third kappa shape index (κ3) is 4.57. The average Bonchev–Trinajstić information content (AvgIpc) is 2.28. The molecule has 1 unspecified atom stereocenters. The topological polar surface area (TPSA) is 29.4 Å². The van der Waals surface area contributed by atoms with E-state index in [0.29, 0.717) is 0 Å². The molecular formula is C13H17NO. The number of rotatable bonds is 6. The highest BCUT2D eigenvalue weighted by molar-refractivity contribution is 5.34. The van der Waals surface area contributed by atoms with Crippen molar-refractivity contribution in [2.75, 3.05) is 0 Å². The Bertz CT molecular complexity index is 315. The summed E-state index contributed by atoms with van der Waals surface area (Å²) in [6.07, 6.45) is 5.74. The Labute approximate surface area is 91.0 Å². The zero-order valence-electron chi connectivity index (χ0n) is 9.15. The van der Waals surface area contributed by atoms with Crippen molar-refractivity contribution in [2.24, 2.45) is 4.99 Å². The van der Waals surface area contributed by atoms with Crippen LogP contribution in [0.4, 0.5) is 0 Å². The Morgan fingerprint density at radius 3 is 2.67 bits per heavy atom. The van der Waals surface area contributed by atoms with Crippen LogP contribution in [0.1, 0.15) is 31.7 Å². The van der Waals surface area contributed by atoms with Crippen molar-refractivity contribution in [2.45, 2.75) is 38.6 Å². The van der Waals surface area contributed by atoms with Crippen LogP contribution in [0.2, 0.25) is 0 Å². The van der Waals surface area contributed by atoms with E-state index < -0.39 is 0 Å². The summed E-state index contributed by atoms with van der Waals surface area (Å²) < 4.78 is 0. The number of nitrogens with zero attached hydrogens (tertiary/aromatic N) is 1. The molecule has 80 valence electrons. The largest absolute Gasteiger partial charge is 0.235 e. The molecular weight excluding hydrogens is 186 g/mol. The molecule has 15 heavy (non-hydrogen) atoms. The van der Waals surface area contributed by atoms with Crippen molar-refractivity contribution < 1.29 is 4.79 Å². The summed E-state index contributed by atoms with van der Waals surface area (Å²) in [5.41, 5.74) is 1.23. The maximum absolute atomic E-state index is 10.3. The fourth-order valence-electron chi connectivity index (χ4n) is 1.61. The molecule has 1 aromatic carbocycles. The number of hydrogen-bond acceptors (Lipinski definition) is 2. The maximum Gasteiger partial charge on any atom is 0.235 e. The average molecular weight is 203 g/mol. The number of carbonyl (C=O) groups excluding carboxylic acids is 1. The molecule has 0 aliphatic carbocycles. The third-order valence-electron chi connectivity index (χ3n) is 2.44. The lowest BCUT2D eigenvalue weighted by Crippen LogP contribution is -2.08. The van der Waals surface area contributed by atoms with Crippen LogP contribution >= 0.6 is 0 Å². The first-order valence-corrected chi connectivity index (χ1v) is 5.47. The van der Waals surface area contributed by atoms with Crippen LogP contribution in [0.5, 0.6) is 0 Å². The second kappa shape index (κ2) is 6.97. The van der Waals surface area contributed by atoms with Gasteiger partial charge in [0.25, 0.3) is 0 Å². The predicted octanol–water partition coefficient (Wildman–Crippen LogP) is 3.12. The van der Waals surface area contributed by atoms with Crippen LogP contribution in [0.15, 0.2) is 35.3 Å². The monoisotopic (exact) mass is 203 g/mol. The summed E-state index contributed by atoms with van der Waals surface area (Å²) in [6, 6.07) is 10.3. The quantitative estimate of drug-likeness (QED) is 0.516. The van der Waals surface area contributed by atoms with E-state index in [2.05, 4.69) is 24.0 Å². The zero-order valence-corrected chi connectivity index (χ0v) is 9.15. The van der Waals surface area contributed by atoms with Gasteiger partial charge in [0.2, 0.25) is 6.08 Å². The minimum atomic E-state index is 0.102. The van der Waals surface area contributed by atoms with Gasteiger partial charge < -0.3 is 0 Å². The second-order valence-electron chi connectivity index (χ2n) is 3.71. The first kappa shape index (κ1) is 11.7. The minimum absolute atomic E-state index is 0.102. The van der Waals surface area contributed by atoms with Gasteiger partial charge in [0, 0.05) is 0 Å². The number of aliphatic imine (C=N–C) groups is 1. The van der Waals surface area contributed by atoms with E-state index in [0.717, 1.165) is 25.7 Å². The number of unbranched alkanes of at least 4 members (excludes halogenated alkanes) is 1. The second-order valence-corrected chi connectivity index (χ2v) is 3.71.